The van der Waals surface area contributed by atoms with Crippen molar-refractivity contribution < 1.29 is 23.5 Å². The lowest BCUT2D eigenvalue weighted by Crippen LogP contribution is -2.31. The molecule has 30 heavy (non-hydrogen) atoms. The molecule has 7 nitrogen and oxygen atoms in total. The monoisotopic (exact) mass is 429 g/mol. The molecular weight excluding hydrogens is 410 g/mol. The van der Waals surface area contributed by atoms with Gasteiger partial charge in [0.15, 0.2) is 6.61 Å². The zero-order chi connectivity index (χ0) is 21.7. The topological polar surface area (TPSA) is 94.8 Å². The van der Waals surface area contributed by atoms with Crippen LogP contribution in [0.3, 0.4) is 0 Å². The van der Waals surface area contributed by atoms with Gasteiger partial charge in [-0.2, -0.15) is 0 Å². The number of ether oxygens (including phenoxy) is 2. The maximum Gasteiger partial charge on any atom is 0.349 e. The summed E-state index contributed by atoms with van der Waals surface area (Å²) in [7, 11) is 0. The van der Waals surface area contributed by atoms with Crippen LogP contribution in [-0.2, 0) is 4.79 Å². The normalized spacial score (nSPS) is 10.8. The van der Waals surface area contributed by atoms with Crippen molar-refractivity contribution in [1.82, 2.24) is 5.32 Å². The van der Waals surface area contributed by atoms with Crippen molar-refractivity contribution in [2.75, 3.05) is 13.2 Å². The molecule has 0 aliphatic carbocycles. The molecule has 1 heterocycles. The van der Waals surface area contributed by atoms with E-state index in [0.717, 1.165) is 0 Å². The molecule has 2 aromatic carbocycles. The van der Waals surface area contributed by atoms with Crippen molar-refractivity contribution in [3.8, 4) is 11.5 Å². The molecule has 1 N–H and O–H groups in total. The Morgan fingerprint density at radius 2 is 1.90 bits per heavy atom. The van der Waals surface area contributed by atoms with Gasteiger partial charge in [-0.25, -0.2) is 9.59 Å². The SMILES string of the molecule is CC(C)CNC(=O)c1cc2ccc(OC(=O)COc3ccccc3Cl)cc2oc1=O. The van der Waals surface area contributed by atoms with Gasteiger partial charge in [0.1, 0.15) is 22.6 Å². The molecular formula is C22H20ClNO6. The van der Waals surface area contributed by atoms with Gasteiger partial charge in [0.25, 0.3) is 5.91 Å². The van der Waals surface area contributed by atoms with E-state index in [1.54, 1.807) is 30.3 Å². The third-order valence-corrected chi connectivity index (χ3v) is 4.35. The predicted molar refractivity (Wildman–Crippen MR) is 112 cm³/mol. The molecule has 3 rings (SSSR count). The molecule has 1 aromatic heterocycles. The van der Waals surface area contributed by atoms with Gasteiger partial charge in [0.2, 0.25) is 0 Å². The van der Waals surface area contributed by atoms with Crippen LogP contribution in [0.2, 0.25) is 5.02 Å². The van der Waals surface area contributed by atoms with Crippen molar-refractivity contribution in [2.45, 2.75) is 13.8 Å². The standard InChI is InChI=1S/C22H20ClNO6/c1-13(2)11-24-21(26)16-9-14-7-8-15(10-19(14)30-22(16)27)29-20(25)12-28-18-6-4-3-5-17(18)23/h3-10,13H,11-12H2,1-2H3,(H,24,26). The summed E-state index contributed by atoms with van der Waals surface area (Å²) < 4.78 is 15.8. The molecule has 0 fully saturated rings. The molecule has 8 heteroatoms. The molecule has 0 spiro atoms. The number of nitrogens with one attached hydrogen (secondary N) is 1. The van der Waals surface area contributed by atoms with E-state index in [0.29, 0.717) is 22.7 Å². The van der Waals surface area contributed by atoms with Crippen molar-refractivity contribution in [1.29, 1.82) is 0 Å². The van der Waals surface area contributed by atoms with E-state index in [1.807, 2.05) is 13.8 Å². The summed E-state index contributed by atoms with van der Waals surface area (Å²) >= 11 is 5.97. The number of rotatable bonds is 7. The van der Waals surface area contributed by atoms with Gasteiger partial charge in [-0.05, 0) is 36.2 Å². The fraction of sp³-hybridized carbons (Fsp3) is 0.227. The highest BCUT2D eigenvalue weighted by molar-refractivity contribution is 6.32. The first-order chi connectivity index (χ1) is 14.3. The Hall–Kier alpha value is -3.32. The molecule has 1 amide bonds. The number of amides is 1. The van der Waals surface area contributed by atoms with Crippen LogP contribution in [0.4, 0.5) is 0 Å². The number of esters is 1. The highest BCUT2D eigenvalue weighted by atomic mass is 35.5. The second kappa shape index (κ2) is 9.45. The number of carbonyl (C=O) groups excluding carboxylic acids is 2. The number of carbonyl (C=O) groups is 2. The Bertz CT molecular complexity index is 1140. The molecule has 0 aliphatic rings. The van der Waals surface area contributed by atoms with Crippen molar-refractivity contribution in [3.05, 3.63) is 69.5 Å². The number of para-hydroxylation sites is 1. The van der Waals surface area contributed by atoms with E-state index in [9.17, 15) is 14.4 Å². The first kappa shape index (κ1) is 21.4. The fourth-order valence-corrected chi connectivity index (χ4v) is 2.76. The molecule has 0 unspecified atom stereocenters. The number of benzene rings is 2. The maximum atomic E-state index is 12.2. The Balaban J connectivity index is 1.70. The minimum absolute atomic E-state index is 0.0824. The summed E-state index contributed by atoms with van der Waals surface area (Å²) in [6.07, 6.45) is 0. The van der Waals surface area contributed by atoms with Gasteiger partial charge in [-0.15, -0.1) is 0 Å². The van der Waals surface area contributed by atoms with Crippen LogP contribution in [0.5, 0.6) is 11.5 Å². The molecule has 3 aromatic rings. The Morgan fingerprint density at radius 1 is 1.13 bits per heavy atom. The Labute approximate surface area is 177 Å². The second-order valence-electron chi connectivity index (χ2n) is 6.94. The van der Waals surface area contributed by atoms with Gasteiger partial charge < -0.3 is 19.2 Å². The maximum absolute atomic E-state index is 12.2. The van der Waals surface area contributed by atoms with Crippen LogP contribution in [0.25, 0.3) is 11.0 Å². The van der Waals surface area contributed by atoms with Crippen molar-refractivity contribution in [2.24, 2.45) is 5.92 Å². The lowest BCUT2D eigenvalue weighted by atomic mass is 10.1. The zero-order valence-electron chi connectivity index (χ0n) is 16.4. The highest BCUT2D eigenvalue weighted by Crippen LogP contribution is 2.24. The number of hydrogen-bond acceptors (Lipinski definition) is 6. The largest absolute Gasteiger partial charge is 0.480 e. The number of hydrogen-bond donors (Lipinski definition) is 1. The van der Waals surface area contributed by atoms with Gasteiger partial charge in [-0.3, -0.25) is 4.79 Å². The molecule has 156 valence electrons. The van der Waals surface area contributed by atoms with Crippen LogP contribution in [0, 0.1) is 5.92 Å². The summed E-state index contributed by atoms with van der Waals surface area (Å²) in [6, 6.07) is 12.7. The molecule has 0 radical (unpaired) electrons. The molecule has 0 bridgehead atoms. The summed E-state index contributed by atoms with van der Waals surface area (Å²) in [5.41, 5.74) is -0.659. The lowest BCUT2D eigenvalue weighted by Gasteiger charge is -2.09. The summed E-state index contributed by atoms with van der Waals surface area (Å²) in [4.78, 5) is 36.4. The van der Waals surface area contributed by atoms with Crippen LogP contribution < -0.4 is 20.4 Å². The van der Waals surface area contributed by atoms with Crippen LogP contribution in [-0.4, -0.2) is 25.0 Å². The first-order valence-corrected chi connectivity index (χ1v) is 9.65. The van der Waals surface area contributed by atoms with Crippen molar-refractivity contribution in [3.63, 3.8) is 0 Å². The van der Waals surface area contributed by atoms with Crippen LogP contribution in [0.15, 0.2) is 57.7 Å². The Morgan fingerprint density at radius 3 is 2.63 bits per heavy atom. The molecule has 0 aliphatic heterocycles. The molecule has 0 saturated carbocycles. The lowest BCUT2D eigenvalue weighted by molar-refractivity contribution is -0.136. The van der Waals surface area contributed by atoms with Crippen molar-refractivity contribution >= 4 is 34.4 Å². The zero-order valence-corrected chi connectivity index (χ0v) is 17.2. The van der Waals surface area contributed by atoms with E-state index >= 15 is 0 Å². The van der Waals surface area contributed by atoms with Gasteiger partial charge in [-0.1, -0.05) is 37.6 Å². The van der Waals surface area contributed by atoms with Crippen LogP contribution in [0.1, 0.15) is 24.2 Å². The third kappa shape index (κ3) is 5.39. The van der Waals surface area contributed by atoms with E-state index in [1.165, 1.54) is 18.2 Å². The number of fused-ring (bicyclic) bond motifs is 1. The quantitative estimate of drug-likeness (QED) is 0.348. The molecule has 0 saturated heterocycles. The van der Waals surface area contributed by atoms with Gasteiger partial charge in [0.05, 0.1) is 5.02 Å². The van der Waals surface area contributed by atoms with Gasteiger partial charge in [0, 0.05) is 18.0 Å². The fourth-order valence-electron chi connectivity index (χ4n) is 2.56. The Kier molecular flexibility index (Phi) is 6.74. The molecule has 0 atom stereocenters. The third-order valence-electron chi connectivity index (χ3n) is 4.04. The predicted octanol–water partition coefficient (Wildman–Crippen LogP) is 3.82. The first-order valence-electron chi connectivity index (χ1n) is 9.27. The summed E-state index contributed by atoms with van der Waals surface area (Å²) in [5, 5.41) is 3.59. The average Bonchev–Trinajstić information content (AvgIpc) is 2.71. The minimum atomic E-state index is -0.769. The van der Waals surface area contributed by atoms with E-state index < -0.39 is 17.5 Å². The summed E-state index contributed by atoms with van der Waals surface area (Å²) in [6.45, 7) is 4.00. The van der Waals surface area contributed by atoms with E-state index in [4.69, 9.17) is 25.5 Å². The second-order valence-corrected chi connectivity index (χ2v) is 7.35. The average molecular weight is 430 g/mol. The van der Waals surface area contributed by atoms with E-state index in [2.05, 4.69) is 5.32 Å². The summed E-state index contributed by atoms with van der Waals surface area (Å²) in [5.74, 6) is -0.354. The van der Waals surface area contributed by atoms with Gasteiger partial charge >= 0.3 is 11.6 Å². The smallest absolute Gasteiger partial charge is 0.349 e. The minimum Gasteiger partial charge on any atom is -0.480 e. The van der Waals surface area contributed by atoms with E-state index in [-0.39, 0.29) is 29.4 Å². The van der Waals surface area contributed by atoms with Crippen LogP contribution >= 0.6 is 11.6 Å². The highest BCUT2D eigenvalue weighted by Gasteiger charge is 2.15. The number of halogens is 1.